The third-order valence-corrected chi connectivity index (χ3v) is 3.17. The fraction of sp³-hybridized carbons (Fsp3) is 0.0909. The number of aryl methyl sites for hydroxylation is 1. The monoisotopic (exact) mass is 263 g/mol. The summed E-state index contributed by atoms with van der Waals surface area (Å²) in [6.07, 6.45) is 4.48. The Kier molecular flexibility index (Phi) is 3.42. The lowest BCUT2D eigenvalue weighted by molar-refractivity contribution is 0.0692. The van der Waals surface area contributed by atoms with E-state index >= 15 is 0 Å². The van der Waals surface area contributed by atoms with Crippen LogP contribution in [0.3, 0.4) is 0 Å². The van der Waals surface area contributed by atoms with E-state index in [2.05, 4.69) is 9.97 Å². The van der Waals surface area contributed by atoms with Crippen molar-refractivity contribution in [2.75, 3.05) is 0 Å². The Hall–Kier alpha value is -2.15. The highest BCUT2D eigenvalue weighted by molar-refractivity contribution is 7.99. The standard InChI is InChI=1S/C11H9N3O3S/c1-14-6-5-13-9(10(14)15)18-8-7(11(16)17)3-2-4-12-8/h2-6H,1H3,(H,16,17). The van der Waals surface area contributed by atoms with E-state index in [1.807, 2.05) is 0 Å². The smallest absolute Gasteiger partial charge is 0.338 e. The first-order valence-electron chi connectivity index (χ1n) is 4.97. The van der Waals surface area contributed by atoms with Gasteiger partial charge in [-0.3, -0.25) is 4.79 Å². The average molecular weight is 263 g/mol. The predicted molar refractivity (Wildman–Crippen MR) is 64.8 cm³/mol. The summed E-state index contributed by atoms with van der Waals surface area (Å²) in [6, 6.07) is 2.97. The number of aromatic carboxylic acids is 1. The van der Waals surface area contributed by atoms with Crippen molar-refractivity contribution in [3.63, 3.8) is 0 Å². The molecule has 0 saturated heterocycles. The van der Waals surface area contributed by atoms with E-state index in [0.717, 1.165) is 11.8 Å². The van der Waals surface area contributed by atoms with Crippen LogP contribution in [0.25, 0.3) is 0 Å². The van der Waals surface area contributed by atoms with Crippen LogP contribution in [-0.4, -0.2) is 25.6 Å². The highest BCUT2D eigenvalue weighted by Crippen LogP contribution is 2.24. The van der Waals surface area contributed by atoms with Crippen molar-refractivity contribution >= 4 is 17.7 Å². The summed E-state index contributed by atoms with van der Waals surface area (Å²) in [5, 5.41) is 9.46. The van der Waals surface area contributed by atoms with E-state index in [0.29, 0.717) is 0 Å². The molecule has 0 atom stereocenters. The number of carboxylic acid groups (broad SMARTS) is 1. The van der Waals surface area contributed by atoms with Gasteiger partial charge < -0.3 is 9.67 Å². The quantitative estimate of drug-likeness (QED) is 0.890. The van der Waals surface area contributed by atoms with E-state index < -0.39 is 5.97 Å². The molecule has 2 heterocycles. The van der Waals surface area contributed by atoms with E-state index in [1.54, 1.807) is 7.05 Å². The van der Waals surface area contributed by atoms with Crippen LogP contribution >= 0.6 is 11.8 Å². The predicted octanol–water partition coefficient (Wildman–Crippen LogP) is 1.02. The van der Waals surface area contributed by atoms with Crippen LogP contribution in [0.2, 0.25) is 0 Å². The summed E-state index contributed by atoms with van der Waals surface area (Å²) < 4.78 is 1.37. The van der Waals surface area contributed by atoms with Crippen molar-refractivity contribution in [1.29, 1.82) is 0 Å². The highest BCUT2D eigenvalue weighted by atomic mass is 32.2. The topological polar surface area (TPSA) is 85.1 Å². The van der Waals surface area contributed by atoms with Gasteiger partial charge in [0.05, 0.1) is 5.56 Å². The van der Waals surface area contributed by atoms with Crippen LogP contribution in [0.4, 0.5) is 0 Å². The molecule has 18 heavy (non-hydrogen) atoms. The molecule has 0 fully saturated rings. The summed E-state index contributed by atoms with van der Waals surface area (Å²) in [7, 11) is 1.60. The van der Waals surface area contributed by atoms with Gasteiger partial charge in [0, 0.05) is 25.6 Å². The molecule has 0 aliphatic heterocycles. The third-order valence-electron chi connectivity index (χ3n) is 2.18. The molecule has 2 rings (SSSR count). The van der Waals surface area contributed by atoms with Gasteiger partial charge in [-0.2, -0.15) is 0 Å². The van der Waals surface area contributed by atoms with Gasteiger partial charge in [0.25, 0.3) is 5.56 Å². The maximum absolute atomic E-state index is 11.8. The Balaban J connectivity index is 2.44. The van der Waals surface area contributed by atoms with Gasteiger partial charge in [-0.15, -0.1) is 0 Å². The lowest BCUT2D eigenvalue weighted by Gasteiger charge is -2.04. The summed E-state index contributed by atoms with van der Waals surface area (Å²) in [4.78, 5) is 30.7. The van der Waals surface area contributed by atoms with Crippen LogP contribution in [-0.2, 0) is 7.05 Å². The Morgan fingerprint density at radius 3 is 2.78 bits per heavy atom. The van der Waals surface area contributed by atoms with Gasteiger partial charge >= 0.3 is 5.97 Å². The van der Waals surface area contributed by atoms with Crippen LogP contribution in [0, 0.1) is 0 Å². The average Bonchev–Trinajstić information content (AvgIpc) is 2.35. The number of carbonyl (C=O) groups is 1. The molecule has 0 bridgehead atoms. The Labute approximate surface area is 106 Å². The molecule has 0 amide bonds. The zero-order valence-corrected chi connectivity index (χ0v) is 10.2. The maximum atomic E-state index is 11.8. The molecule has 0 aromatic carbocycles. The molecule has 7 heteroatoms. The zero-order chi connectivity index (χ0) is 13.1. The first-order chi connectivity index (χ1) is 8.59. The van der Waals surface area contributed by atoms with Crippen molar-refractivity contribution in [3.05, 3.63) is 46.6 Å². The Morgan fingerprint density at radius 2 is 2.06 bits per heavy atom. The highest BCUT2D eigenvalue weighted by Gasteiger charge is 2.14. The lowest BCUT2D eigenvalue weighted by Crippen LogP contribution is -2.18. The minimum absolute atomic E-state index is 0.0511. The van der Waals surface area contributed by atoms with E-state index in [9.17, 15) is 9.59 Å². The molecule has 0 saturated carbocycles. The van der Waals surface area contributed by atoms with Gasteiger partial charge in [-0.05, 0) is 23.9 Å². The van der Waals surface area contributed by atoms with Gasteiger partial charge in [-0.1, -0.05) is 0 Å². The summed E-state index contributed by atoms with van der Waals surface area (Å²) >= 11 is 0.947. The first kappa shape index (κ1) is 12.3. The molecule has 0 aliphatic rings. The fourth-order valence-corrected chi connectivity index (χ4v) is 2.18. The number of nitrogens with zero attached hydrogens (tertiary/aromatic N) is 3. The summed E-state index contributed by atoms with van der Waals surface area (Å²) in [5.41, 5.74) is -0.236. The molecule has 92 valence electrons. The second-order valence-corrected chi connectivity index (χ2v) is 4.39. The zero-order valence-electron chi connectivity index (χ0n) is 9.40. The molecule has 0 aliphatic carbocycles. The van der Waals surface area contributed by atoms with Crippen LogP contribution in [0.5, 0.6) is 0 Å². The number of rotatable bonds is 3. The Bertz CT molecular complexity index is 654. The number of pyridine rings is 1. The number of hydrogen-bond donors (Lipinski definition) is 1. The SMILES string of the molecule is Cn1ccnc(Sc2ncccc2C(=O)O)c1=O. The third kappa shape index (κ3) is 2.40. The normalized spacial score (nSPS) is 10.3. The van der Waals surface area contributed by atoms with E-state index in [1.165, 1.54) is 35.3 Å². The molecule has 6 nitrogen and oxygen atoms in total. The second kappa shape index (κ2) is 5.01. The van der Waals surface area contributed by atoms with Crippen molar-refractivity contribution < 1.29 is 9.90 Å². The minimum atomic E-state index is -1.08. The molecule has 0 spiro atoms. The molecule has 1 N–H and O–H groups in total. The van der Waals surface area contributed by atoms with Gasteiger partial charge in [0.15, 0.2) is 5.03 Å². The second-order valence-electron chi connectivity index (χ2n) is 3.41. The molecule has 2 aromatic rings. The summed E-state index contributed by atoms with van der Waals surface area (Å²) in [6.45, 7) is 0. The fourth-order valence-electron chi connectivity index (χ4n) is 1.27. The van der Waals surface area contributed by atoms with Crippen molar-refractivity contribution in [2.45, 2.75) is 10.1 Å². The number of aromatic nitrogens is 3. The van der Waals surface area contributed by atoms with Crippen LogP contribution in [0.15, 0.2) is 45.6 Å². The number of carboxylic acids is 1. The number of hydrogen-bond acceptors (Lipinski definition) is 5. The molecular formula is C11H9N3O3S. The van der Waals surface area contributed by atoms with E-state index in [4.69, 9.17) is 5.11 Å². The van der Waals surface area contributed by atoms with Crippen LogP contribution in [0.1, 0.15) is 10.4 Å². The minimum Gasteiger partial charge on any atom is -0.478 e. The van der Waals surface area contributed by atoms with Gasteiger partial charge in [0.2, 0.25) is 0 Å². The molecule has 0 unspecified atom stereocenters. The first-order valence-corrected chi connectivity index (χ1v) is 5.79. The molecule has 0 radical (unpaired) electrons. The van der Waals surface area contributed by atoms with Crippen molar-refractivity contribution in [1.82, 2.24) is 14.5 Å². The van der Waals surface area contributed by atoms with Gasteiger partial charge in [0.1, 0.15) is 5.03 Å². The molecule has 2 aromatic heterocycles. The van der Waals surface area contributed by atoms with E-state index in [-0.39, 0.29) is 21.2 Å². The largest absolute Gasteiger partial charge is 0.478 e. The van der Waals surface area contributed by atoms with Crippen LogP contribution < -0.4 is 5.56 Å². The van der Waals surface area contributed by atoms with Gasteiger partial charge in [-0.25, -0.2) is 14.8 Å². The Morgan fingerprint density at radius 1 is 1.33 bits per heavy atom. The summed E-state index contributed by atoms with van der Waals surface area (Å²) in [5.74, 6) is -1.08. The molecular weight excluding hydrogens is 254 g/mol. The van der Waals surface area contributed by atoms with Crippen molar-refractivity contribution in [2.24, 2.45) is 7.05 Å². The maximum Gasteiger partial charge on any atom is 0.338 e. The van der Waals surface area contributed by atoms with Crippen molar-refractivity contribution in [3.8, 4) is 0 Å². The lowest BCUT2D eigenvalue weighted by atomic mass is 10.3.